The number of halogens is 3. The molecule has 1 unspecified atom stereocenters. The van der Waals surface area contributed by atoms with Crippen LogP contribution < -0.4 is 5.73 Å². The molecule has 1 heterocycles. The van der Waals surface area contributed by atoms with Crippen molar-refractivity contribution in [1.82, 2.24) is 9.80 Å². The van der Waals surface area contributed by atoms with E-state index in [1.807, 2.05) is 6.92 Å². The average Bonchev–Trinajstić information content (AvgIpc) is 2.27. The van der Waals surface area contributed by atoms with E-state index in [-0.39, 0.29) is 30.9 Å². The Hall–Kier alpha value is -0.460. The monoisotopic (exact) mass is 285 g/mol. The van der Waals surface area contributed by atoms with Crippen molar-refractivity contribution in [2.75, 3.05) is 26.2 Å². The lowest BCUT2D eigenvalue weighted by Crippen LogP contribution is -2.57. The quantitative estimate of drug-likeness (QED) is 0.836. The number of piperazine rings is 1. The normalized spacial score (nSPS) is 22.8. The largest absolute Gasteiger partial charge is 0.339 e. The molecule has 7 heteroatoms. The van der Waals surface area contributed by atoms with E-state index in [0.29, 0.717) is 19.6 Å². The van der Waals surface area contributed by atoms with E-state index in [1.165, 1.54) is 0 Å². The Balaban J connectivity index is 0.00000289. The van der Waals surface area contributed by atoms with Crippen LogP contribution in [0.25, 0.3) is 0 Å². The summed E-state index contributed by atoms with van der Waals surface area (Å²) in [5.74, 6) is -0.0971. The van der Waals surface area contributed by atoms with Crippen LogP contribution in [0.4, 0.5) is 8.78 Å². The fourth-order valence-electron chi connectivity index (χ4n) is 2.19. The molecule has 0 aromatic rings. The minimum absolute atomic E-state index is 0. The first-order valence-corrected chi connectivity index (χ1v) is 6.02. The van der Waals surface area contributed by atoms with Crippen molar-refractivity contribution in [3.63, 3.8) is 0 Å². The Morgan fingerprint density at radius 3 is 2.50 bits per heavy atom. The van der Waals surface area contributed by atoms with E-state index in [4.69, 9.17) is 5.73 Å². The lowest BCUT2D eigenvalue weighted by atomic mass is 10.1. The Morgan fingerprint density at radius 2 is 2.06 bits per heavy atom. The lowest BCUT2D eigenvalue weighted by Gasteiger charge is -2.41. The number of amides is 1. The van der Waals surface area contributed by atoms with Gasteiger partial charge < -0.3 is 10.6 Å². The van der Waals surface area contributed by atoms with Crippen molar-refractivity contribution in [1.29, 1.82) is 0 Å². The zero-order chi connectivity index (χ0) is 13.0. The maximum Gasteiger partial charge on any atom is 0.251 e. The summed E-state index contributed by atoms with van der Waals surface area (Å²) in [4.78, 5) is 15.2. The van der Waals surface area contributed by atoms with Gasteiger partial charge in [0.1, 0.15) is 0 Å². The van der Waals surface area contributed by atoms with E-state index in [9.17, 15) is 13.6 Å². The van der Waals surface area contributed by atoms with Gasteiger partial charge in [-0.2, -0.15) is 0 Å². The molecule has 0 aromatic heterocycles. The molecule has 0 aromatic carbocycles. The minimum atomic E-state index is -2.32. The third-order valence-electron chi connectivity index (χ3n) is 3.15. The van der Waals surface area contributed by atoms with E-state index in [0.717, 1.165) is 6.42 Å². The van der Waals surface area contributed by atoms with Gasteiger partial charge in [-0.3, -0.25) is 9.69 Å². The van der Waals surface area contributed by atoms with Gasteiger partial charge >= 0.3 is 0 Å². The Bertz CT molecular complexity index is 267. The molecule has 18 heavy (non-hydrogen) atoms. The van der Waals surface area contributed by atoms with Gasteiger partial charge in [0.25, 0.3) is 6.43 Å². The molecule has 4 nitrogen and oxygen atoms in total. The van der Waals surface area contributed by atoms with Crippen molar-refractivity contribution in [2.24, 2.45) is 5.73 Å². The first kappa shape index (κ1) is 17.5. The number of nitrogens with zero attached hydrogens (tertiary/aromatic N) is 2. The van der Waals surface area contributed by atoms with Crippen LogP contribution in [-0.4, -0.2) is 60.4 Å². The Morgan fingerprint density at radius 1 is 1.44 bits per heavy atom. The minimum Gasteiger partial charge on any atom is -0.339 e. The number of carbonyl (C=O) groups is 1. The summed E-state index contributed by atoms with van der Waals surface area (Å²) >= 11 is 0. The summed E-state index contributed by atoms with van der Waals surface area (Å²) in [5.41, 5.74) is 5.54. The van der Waals surface area contributed by atoms with Crippen LogP contribution in [0.1, 0.15) is 20.3 Å². The summed E-state index contributed by atoms with van der Waals surface area (Å²) < 4.78 is 24.7. The third-order valence-corrected chi connectivity index (χ3v) is 3.15. The molecule has 0 saturated carbocycles. The molecule has 0 bridgehead atoms. The fourth-order valence-corrected chi connectivity index (χ4v) is 2.19. The van der Waals surface area contributed by atoms with Crippen molar-refractivity contribution in [3.8, 4) is 0 Å². The second kappa shape index (κ2) is 7.86. The van der Waals surface area contributed by atoms with Gasteiger partial charge in [0, 0.05) is 25.7 Å². The molecular weight excluding hydrogens is 264 g/mol. The van der Waals surface area contributed by atoms with Gasteiger partial charge in [0.15, 0.2) is 0 Å². The van der Waals surface area contributed by atoms with E-state index < -0.39 is 12.5 Å². The predicted octanol–water partition coefficient (Wildman–Crippen LogP) is 0.943. The molecule has 1 rings (SSSR count). The number of nitrogens with two attached hydrogens (primary N) is 1. The maximum atomic E-state index is 12.4. The van der Waals surface area contributed by atoms with Gasteiger partial charge in [-0.25, -0.2) is 8.78 Å². The van der Waals surface area contributed by atoms with Crippen LogP contribution in [0.3, 0.4) is 0 Å². The first-order chi connectivity index (χ1) is 7.95. The molecule has 1 amide bonds. The molecule has 1 saturated heterocycles. The summed E-state index contributed by atoms with van der Waals surface area (Å²) in [6.45, 7) is 4.88. The summed E-state index contributed by atoms with van der Waals surface area (Å²) in [7, 11) is 0. The lowest BCUT2D eigenvalue weighted by molar-refractivity contribution is -0.135. The maximum absolute atomic E-state index is 12.4. The van der Waals surface area contributed by atoms with Crippen molar-refractivity contribution in [3.05, 3.63) is 0 Å². The van der Waals surface area contributed by atoms with Crippen LogP contribution in [-0.2, 0) is 4.79 Å². The first-order valence-electron chi connectivity index (χ1n) is 6.02. The SMILES string of the molecule is CCC1CN(C(=O)[C@@H](C)N)CCN1CC(F)F.Cl. The number of alkyl halides is 2. The molecular formula is C11H22ClF2N3O. The van der Waals surface area contributed by atoms with Crippen LogP contribution in [0.15, 0.2) is 0 Å². The molecule has 108 valence electrons. The standard InChI is InChI=1S/C11H21F2N3O.ClH/c1-3-9-6-16(11(17)8(2)14)5-4-15(9)7-10(12)13;/h8-10H,3-7,14H2,1-2H3;1H/t8-,9?;/m1./s1. The number of carbonyl (C=O) groups excluding carboxylic acids is 1. The fraction of sp³-hybridized carbons (Fsp3) is 0.909. The highest BCUT2D eigenvalue weighted by Crippen LogP contribution is 2.15. The predicted molar refractivity (Wildman–Crippen MR) is 69.1 cm³/mol. The molecule has 2 atom stereocenters. The summed E-state index contributed by atoms with van der Waals surface area (Å²) in [6.07, 6.45) is -1.56. The average molecular weight is 286 g/mol. The van der Waals surface area contributed by atoms with Gasteiger partial charge in [0.05, 0.1) is 12.6 Å². The molecule has 2 N–H and O–H groups in total. The summed E-state index contributed by atoms with van der Waals surface area (Å²) in [5, 5.41) is 0. The highest BCUT2D eigenvalue weighted by Gasteiger charge is 2.30. The topological polar surface area (TPSA) is 49.6 Å². The van der Waals surface area contributed by atoms with Gasteiger partial charge in [-0.15, -0.1) is 12.4 Å². The van der Waals surface area contributed by atoms with Crippen LogP contribution in [0.5, 0.6) is 0 Å². The zero-order valence-electron chi connectivity index (χ0n) is 10.8. The Kier molecular flexibility index (Phi) is 7.66. The van der Waals surface area contributed by atoms with Crippen LogP contribution in [0, 0.1) is 0 Å². The highest BCUT2D eigenvalue weighted by molar-refractivity contribution is 5.85. The van der Waals surface area contributed by atoms with Gasteiger partial charge in [-0.1, -0.05) is 6.92 Å². The Labute approximate surface area is 113 Å². The third kappa shape index (κ3) is 4.66. The molecule has 1 aliphatic heterocycles. The van der Waals surface area contributed by atoms with Crippen molar-refractivity contribution < 1.29 is 13.6 Å². The van der Waals surface area contributed by atoms with Crippen LogP contribution in [0.2, 0.25) is 0 Å². The second-order valence-corrected chi connectivity index (χ2v) is 4.52. The van der Waals surface area contributed by atoms with Crippen molar-refractivity contribution in [2.45, 2.75) is 38.8 Å². The smallest absolute Gasteiger partial charge is 0.251 e. The van der Waals surface area contributed by atoms with E-state index >= 15 is 0 Å². The van der Waals surface area contributed by atoms with Gasteiger partial charge in [0.2, 0.25) is 5.91 Å². The molecule has 1 fully saturated rings. The summed E-state index contributed by atoms with van der Waals surface area (Å²) in [6, 6.07) is -0.505. The molecule has 0 aliphatic carbocycles. The van der Waals surface area contributed by atoms with Crippen LogP contribution >= 0.6 is 12.4 Å². The number of hydrogen-bond donors (Lipinski definition) is 1. The van der Waals surface area contributed by atoms with E-state index in [1.54, 1.807) is 16.7 Å². The highest BCUT2D eigenvalue weighted by atomic mass is 35.5. The molecule has 0 radical (unpaired) electrons. The molecule has 1 aliphatic rings. The number of hydrogen-bond acceptors (Lipinski definition) is 3. The molecule has 0 spiro atoms. The number of rotatable bonds is 4. The van der Waals surface area contributed by atoms with Gasteiger partial charge in [-0.05, 0) is 13.3 Å². The second-order valence-electron chi connectivity index (χ2n) is 4.52. The van der Waals surface area contributed by atoms with Crippen molar-refractivity contribution >= 4 is 18.3 Å². The van der Waals surface area contributed by atoms with E-state index in [2.05, 4.69) is 0 Å². The zero-order valence-corrected chi connectivity index (χ0v) is 11.6.